The summed E-state index contributed by atoms with van der Waals surface area (Å²) in [5.74, 6) is -0.0647. The normalized spacial score (nSPS) is 10.2. The summed E-state index contributed by atoms with van der Waals surface area (Å²) >= 11 is 0. The number of rotatable bonds is 5. The number of carbonyl (C=O) groups is 2. The van der Waals surface area contributed by atoms with Gasteiger partial charge >= 0.3 is 5.97 Å². The number of methoxy groups -OCH3 is 2. The fourth-order valence-electron chi connectivity index (χ4n) is 1.18. The summed E-state index contributed by atoms with van der Waals surface area (Å²) in [6.07, 6.45) is 2.77. The van der Waals surface area contributed by atoms with Crippen LogP contribution in [-0.2, 0) is 14.3 Å². The smallest absolute Gasteiger partial charge is 0.313 e. The summed E-state index contributed by atoms with van der Waals surface area (Å²) in [6, 6.07) is 7.23. The van der Waals surface area contributed by atoms with E-state index in [9.17, 15) is 9.59 Å². The molecule has 0 aliphatic carbocycles. The Bertz CT molecular complexity index is 418. The van der Waals surface area contributed by atoms with E-state index in [1.165, 1.54) is 13.2 Å². The Kier molecular flexibility index (Phi) is 4.94. The van der Waals surface area contributed by atoms with Crippen LogP contribution in [0, 0.1) is 0 Å². The predicted molar refractivity (Wildman–Crippen MR) is 63.7 cm³/mol. The molecule has 0 saturated carbocycles. The number of allylic oxidation sites excluding steroid dienone is 1. The van der Waals surface area contributed by atoms with Crippen molar-refractivity contribution in [1.29, 1.82) is 0 Å². The first-order valence-electron chi connectivity index (χ1n) is 5.07. The molecule has 90 valence electrons. The molecule has 0 aliphatic rings. The van der Waals surface area contributed by atoms with Gasteiger partial charge in [0.25, 0.3) is 0 Å². The average molecular weight is 234 g/mol. The van der Waals surface area contributed by atoms with Crippen molar-refractivity contribution in [2.75, 3.05) is 14.2 Å². The lowest BCUT2D eigenvalue weighted by atomic mass is 10.1. The van der Waals surface area contributed by atoms with Gasteiger partial charge in [-0.1, -0.05) is 18.2 Å². The van der Waals surface area contributed by atoms with Gasteiger partial charge in [0.2, 0.25) is 0 Å². The van der Waals surface area contributed by atoms with Gasteiger partial charge in [0.15, 0.2) is 5.78 Å². The second-order valence-electron chi connectivity index (χ2n) is 3.33. The van der Waals surface area contributed by atoms with Crippen LogP contribution in [0.5, 0.6) is 5.75 Å². The highest BCUT2D eigenvalue weighted by Crippen LogP contribution is 2.12. The van der Waals surface area contributed by atoms with Gasteiger partial charge in [-0.2, -0.15) is 0 Å². The highest BCUT2D eigenvalue weighted by Gasteiger charge is 2.05. The summed E-state index contributed by atoms with van der Waals surface area (Å²) < 4.78 is 9.40. The monoisotopic (exact) mass is 234 g/mol. The maximum Gasteiger partial charge on any atom is 0.313 e. The van der Waals surface area contributed by atoms with Crippen molar-refractivity contribution in [3.05, 3.63) is 35.9 Å². The Morgan fingerprint density at radius 1 is 1.18 bits per heavy atom. The molecule has 0 N–H and O–H groups in total. The molecule has 1 aromatic rings. The second kappa shape index (κ2) is 6.48. The zero-order valence-electron chi connectivity index (χ0n) is 9.80. The quantitative estimate of drug-likeness (QED) is 0.443. The lowest BCUT2D eigenvalue weighted by Gasteiger charge is -1.99. The van der Waals surface area contributed by atoms with Gasteiger partial charge in [-0.05, 0) is 23.8 Å². The van der Waals surface area contributed by atoms with Gasteiger partial charge in [-0.15, -0.1) is 0 Å². The number of ketones is 1. The molecule has 0 aromatic heterocycles. The van der Waals surface area contributed by atoms with Crippen molar-refractivity contribution in [2.24, 2.45) is 0 Å². The molecule has 0 atom stereocenters. The van der Waals surface area contributed by atoms with E-state index in [2.05, 4.69) is 4.74 Å². The van der Waals surface area contributed by atoms with Crippen LogP contribution in [0.2, 0.25) is 0 Å². The van der Waals surface area contributed by atoms with Crippen molar-refractivity contribution in [1.82, 2.24) is 0 Å². The van der Waals surface area contributed by atoms with Crippen LogP contribution in [0.4, 0.5) is 0 Å². The van der Waals surface area contributed by atoms with E-state index in [1.807, 2.05) is 12.1 Å². The minimum atomic E-state index is -0.533. The first-order valence-corrected chi connectivity index (χ1v) is 5.07. The van der Waals surface area contributed by atoms with Gasteiger partial charge in [-0.3, -0.25) is 9.59 Å². The molecule has 0 unspecified atom stereocenters. The van der Waals surface area contributed by atoms with Crippen molar-refractivity contribution in [3.63, 3.8) is 0 Å². The molecular weight excluding hydrogens is 220 g/mol. The van der Waals surface area contributed by atoms with Crippen molar-refractivity contribution >= 4 is 17.8 Å². The minimum absolute atomic E-state index is 0.233. The molecule has 0 aliphatic heterocycles. The number of hydrogen-bond donors (Lipinski definition) is 0. The molecule has 0 saturated heterocycles. The Hall–Kier alpha value is -2.10. The largest absolute Gasteiger partial charge is 0.497 e. The van der Waals surface area contributed by atoms with E-state index in [-0.39, 0.29) is 12.2 Å². The first-order chi connectivity index (χ1) is 8.15. The maximum atomic E-state index is 11.3. The second-order valence-corrected chi connectivity index (χ2v) is 3.33. The lowest BCUT2D eigenvalue weighted by Crippen LogP contribution is -2.06. The van der Waals surface area contributed by atoms with Crippen LogP contribution >= 0.6 is 0 Å². The molecule has 4 heteroatoms. The molecule has 0 amide bonds. The average Bonchev–Trinajstić information content (AvgIpc) is 2.36. The molecule has 0 fully saturated rings. The van der Waals surface area contributed by atoms with Gasteiger partial charge in [0.1, 0.15) is 12.2 Å². The highest BCUT2D eigenvalue weighted by atomic mass is 16.5. The molecule has 4 nitrogen and oxygen atoms in total. The summed E-state index contributed by atoms with van der Waals surface area (Å²) in [5, 5.41) is 0. The molecule has 0 heterocycles. The molecule has 1 aromatic carbocycles. The molecule has 0 spiro atoms. The van der Waals surface area contributed by atoms with Crippen LogP contribution in [0.25, 0.3) is 6.08 Å². The molecule has 0 bridgehead atoms. The minimum Gasteiger partial charge on any atom is -0.497 e. The summed E-state index contributed by atoms with van der Waals surface area (Å²) in [5.41, 5.74) is 0.865. The molecule has 0 radical (unpaired) electrons. The van der Waals surface area contributed by atoms with E-state index in [0.29, 0.717) is 0 Å². The zero-order valence-corrected chi connectivity index (χ0v) is 9.80. The van der Waals surface area contributed by atoms with Gasteiger partial charge < -0.3 is 9.47 Å². The van der Waals surface area contributed by atoms with Crippen LogP contribution in [0.1, 0.15) is 12.0 Å². The third-order valence-corrected chi connectivity index (χ3v) is 2.12. The van der Waals surface area contributed by atoms with Crippen LogP contribution in [0.3, 0.4) is 0 Å². The summed E-state index contributed by atoms with van der Waals surface area (Å²) in [6.45, 7) is 0. The Morgan fingerprint density at radius 2 is 1.82 bits per heavy atom. The number of carbonyl (C=O) groups excluding carboxylic acids is 2. The van der Waals surface area contributed by atoms with Gasteiger partial charge in [0.05, 0.1) is 14.2 Å². The first kappa shape index (κ1) is 13.0. The van der Waals surface area contributed by atoms with Crippen molar-refractivity contribution in [2.45, 2.75) is 6.42 Å². The molecule has 17 heavy (non-hydrogen) atoms. The van der Waals surface area contributed by atoms with Gasteiger partial charge in [0, 0.05) is 0 Å². The van der Waals surface area contributed by atoms with Crippen LogP contribution < -0.4 is 4.74 Å². The van der Waals surface area contributed by atoms with E-state index in [4.69, 9.17) is 4.74 Å². The number of ether oxygens (including phenoxy) is 2. The van der Waals surface area contributed by atoms with Crippen LogP contribution in [-0.4, -0.2) is 26.0 Å². The number of esters is 1. The number of hydrogen-bond acceptors (Lipinski definition) is 4. The third kappa shape index (κ3) is 4.51. The fourth-order valence-corrected chi connectivity index (χ4v) is 1.18. The van der Waals surface area contributed by atoms with Crippen LogP contribution in [0.15, 0.2) is 30.3 Å². The summed E-state index contributed by atoms with van der Waals surface area (Å²) in [4.78, 5) is 22.1. The van der Waals surface area contributed by atoms with E-state index in [1.54, 1.807) is 25.3 Å². The Labute approximate surface area is 99.8 Å². The lowest BCUT2D eigenvalue weighted by molar-refractivity contribution is -0.142. The number of benzene rings is 1. The SMILES string of the molecule is COC(=O)CC(=O)/C=C/c1ccc(OC)cc1. The molecular formula is C13H14O4. The zero-order chi connectivity index (χ0) is 12.7. The molecule has 1 rings (SSSR count). The third-order valence-electron chi connectivity index (χ3n) is 2.12. The van der Waals surface area contributed by atoms with Crippen molar-refractivity contribution in [3.8, 4) is 5.75 Å². The van der Waals surface area contributed by atoms with Gasteiger partial charge in [-0.25, -0.2) is 0 Å². The highest BCUT2D eigenvalue weighted by molar-refractivity contribution is 6.03. The van der Waals surface area contributed by atoms with E-state index >= 15 is 0 Å². The van der Waals surface area contributed by atoms with E-state index < -0.39 is 5.97 Å². The van der Waals surface area contributed by atoms with E-state index in [0.717, 1.165) is 11.3 Å². The summed E-state index contributed by atoms with van der Waals surface area (Å²) in [7, 11) is 2.84. The Morgan fingerprint density at radius 3 is 2.35 bits per heavy atom. The predicted octanol–water partition coefficient (Wildman–Crippen LogP) is 1.84. The fraction of sp³-hybridized carbons (Fsp3) is 0.231. The van der Waals surface area contributed by atoms with Crippen molar-refractivity contribution < 1.29 is 19.1 Å². The Balaban J connectivity index is 2.57. The maximum absolute atomic E-state index is 11.3. The standard InChI is InChI=1S/C13H14O4/c1-16-12-7-4-10(5-8-12)3-6-11(14)9-13(15)17-2/h3-8H,9H2,1-2H3/b6-3+. The topological polar surface area (TPSA) is 52.6 Å².